The smallest absolute Gasteiger partial charge is 0.410 e. The minimum absolute atomic E-state index is 0.530. The lowest BCUT2D eigenvalue weighted by Gasteiger charge is -2.25. The van der Waals surface area contributed by atoms with E-state index in [9.17, 15) is 13.2 Å². The molecule has 1 unspecified atom stereocenters. The second kappa shape index (κ2) is 5.18. The molecular weight excluding hydrogens is 242 g/mol. The van der Waals surface area contributed by atoms with Crippen molar-refractivity contribution in [1.29, 1.82) is 0 Å². The first-order valence-corrected chi connectivity index (χ1v) is 6.88. The third-order valence-electron chi connectivity index (χ3n) is 2.30. The van der Waals surface area contributed by atoms with Crippen molar-refractivity contribution in [2.75, 3.05) is 20.4 Å². The number of methoxy groups -OCH3 is 1. The lowest BCUT2D eigenvalue weighted by atomic mass is 10.2. The van der Waals surface area contributed by atoms with Crippen LogP contribution in [0.4, 0.5) is 4.79 Å². The van der Waals surface area contributed by atoms with Gasteiger partial charge in [-0.15, -0.1) is 0 Å². The minimum atomic E-state index is -3.45. The summed E-state index contributed by atoms with van der Waals surface area (Å²) in [4.78, 5) is 12.5. The highest BCUT2D eigenvalue weighted by Gasteiger charge is 2.30. The van der Waals surface area contributed by atoms with Crippen molar-refractivity contribution in [3.8, 4) is 0 Å². The molecule has 0 aliphatic heterocycles. The van der Waals surface area contributed by atoms with Crippen molar-refractivity contribution in [2.45, 2.75) is 5.37 Å². The summed E-state index contributed by atoms with van der Waals surface area (Å²) in [6.45, 7) is 0. The van der Waals surface area contributed by atoms with E-state index in [-0.39, 0.29) is 0 Å². The average Bonchev–Trinajstić information content (AvgIpc) is 2.27. The molecule has 0 saturated carbocycles. The first kappa shape index (κ1) is 13.5. The maximum Gasteiger partial charge on any atom is 0.410 e. The average molecular weight is 257 g/mol. The minimum Gasteiger partial charge on any atom is -0.453 e. The Labute approximate surface area is 101 Å². The second-order valence-corrected chi connectivity index (χ2v) is 5.78. The van der Waals surface area contributed by atoms with Gasteiger partial charge in [0, 0.05) is 13.3 Å². The number of carbonyl (C=O) groups excluding carboxylic acids is 1. The maximum absolute atomic E-state index is 11.7. The molecule has 0 N–H and O–H groups in total. The molecular formula is C11H15NO4S. The molecule has 1 rings (SSSR count). The molecule has 0 spiro atoms. The molecule has 1 atom stereocenters. The SMILES string of the molecule is COC(=O)N(C)C(c1ccccc1)S(C)(=O)=O. The van der Waals surface area contributed by atoms with Crippen LogP contribution in [0, 0.1) is 0 Å². The molecule has 0 aliphatic carbocycles. The highest BCUT2D eigenvalue weighted by molar-refractivity contribution is 7.90. The van der Waals surface area contributed by atoms with Crippen molar-refractivity contribution in [3.05, 3.63) is 35.9 Å². The summed E-state index contributed by atoms with van der Waals surface area (Å²) >= 11 is 0. The van der Waals surface area contributed by atoms with Crippen molar-refractivity contribution in [1.82, 2.24) is 4.90 Å². The van der Waals surface area contributed by atoms with Crippen molar-refractivity contribution < 1.29 is 17.9 Å². The highest BCUT2D eigenvalue weighted by atomic mass is 32.2. The van der Waals surface area contributed by atoms with E-state index >= 15 is 0 Å². The van der Waals surface area contributed by atoms with Crippen molar-refractivity contribution in [2.24, 2.45) is 0 Å². The molecule has 0 aliphatic rings. The highest BCUT2D eigenvalue weighted by Crippen LogP contribution is 2.25. The first-order valence-electron chi connectivity index (χ1n) is 4.92. The van der Waals surface area contributed by atoms with Crippen molar-refractivity contribution in [3.63, 3.8) is 0 Å². The van der Waals surface area contributed by atoms with Crippen LogP contribution in [0.1, 0.15) is 10.9 Å². The molecule has 5 nitrogen and oxygen atoms in total. The molecule has 1 amide bonds. The van der Waals surface area contributed by atoms with Crippen LogP contribution in [0.5, 0.6) is 0 Å². The van der Waals surface area contributed by atoms with E-state index < -0.39 is 21.3 Å². The molecule has 0 aromatic heterocycles. The fraction of sp³-hybridized carbons (Fsp3) is 0.364. The van der Waals surface area contributed by atoms with Gasteiger partial charge >= 0.3 is 6.09 Å². The second-order valence-electron chi connectivity index (χ2n) is 3.67. The molecule has 0 radical (unpaired) electrons. The van der Waals surface area contributed by atoms with Gasteiger partial charge in [0.25, 0.3) is 0 Å². The number of amides is 1. The summed E-state index contributed by atoms with van der Waals surface area (Å²) in [5.41, 5.74) is 0.530. The zero-order chi connectivity index (χ0) is 13.1. The van der Waals surface area contributed by atoms with Crippen LogP contribution in [-0.2, 0) is 14.6 Å². The van der Waals surface area contributed by atoms with Gasteiger partial charge in [0.1, 0.15) is 0 Å². The molecule has 0 saturated heterocycles. The quantitative estimate of drug-likeness (QED) is 0.821. The van der Waals surface area contributed by atoms with Gasteiger partial charge in [-0.2, -0.15) is 0 Å². The van der Waals surface area contributed by atoms with E-state index in [0.717, 1.165) is 11.2 Å². The van der Waals surface area contributed by atoms with E-state index in [1.54, 1.807) is 30.3 Å². The standard InChI is InChI=1S/C11H15NO4S/c1-12(11(13)16-2)10(17(3,14)15)9-7-5-4-6-8-9/h4-8,10H,1-3H3. The van der Waals surface area contributed by atoms with Crippen LogP contribution >= 0.6 is 0 Å². The molecule has 0 heterocycles. The van der Waals surface area contributed by atoms with Gasteiger partial charge < -0.3 is 4.74 Å². The Hall–Kier alpha value is -1.56. The molecule has 1 aromatic carbocycles. The first-order chi connectivity index (χ1) is 7.88. The zero-order valence-corrected chi connectivity index (χ0v) is 10.8. The van der Waals surface area contributed by atoms with Gasteiger partial charge in [0.15, 0.2) is 15.2 Å². The van der Waals surface area contributed by atoms with E-state index in [4.69, 9.17) is 0 Å². The normalized spacial score (nSPS) is 12.9. The molecule has 1 aromatic rings. The Morgan fingerprint density at radius 3 is 2.24 bits per heavy atom. The predicted octanol–water partition coefficient (Wildman–Crippen LogP) is 1.43. The van der Waals surface area contributed by atoms with E-state index in [0.29, 0.717) is 5.56 Å². The van der Waals surface area contributed by atoms with Gasteiger partial charge in [0.05, 0.1) is 7.11 Å². The van der Waals surface area contributed by atoms with Crippen LogP contribution < -0.4 is 0 Å². The van der Waals surface area contributed by atoms with Gasteiger partial charge in [-0.05, 0) is 5.56 Å². The van der Waals surface area contributed by atoms with Crippen LogP contribution in [-0.4, -0.2) is 39.8 Å². The van der Waals surface area contributed by atoms with E-state index in [2.05, 4.69) is 4.74 Å². The number of carbonyl (C=O) groups is 1. The summed E-state index contributed by atoms with van der Waals surface area (Å²) in [5, 5.41) is -1.03. The topological polar surface area (TPSA) is 63.7 Å². The van der Waals surface area contributed by atoms with Gasteiger partial charge in [0.2, 0.25) is 0 Å². The van der Waals surface area contributed by atoms with Gasteiger partial charge in [-0.1, -0.05) is 30.3 Å². The molecule has 6 heteroatoms. The number of ether oxygens (including phenoxy) is 1. The largest absolute Gasteiger partial charge is 0.453 e. The van der Waals surface area contributed by atoms with Crippen LogP contribution in [0.25, 0.3) is 0 Å². The third-order valence-corrected chi connectivity index (χ3v) is 3.70. The summed E-state index contributed by atoms with van der Waals surface area (Å²) in [6.07, 6.45) is 0.397. The summed E-state index contributed by atoms with van der Waals surface area (Å²) < 4.78 is 28.0. The lowest BCUT2D eigenvalue weighted by Crippen LogP contribution is -2.35. The molecule has 0 fully saturated rings. The van der Waals surface area contributed by atoms with E-state index in [1.165, 1.54) is 14.2 Å². The Balaban J connectivity index is 3.20. The Bertz CT molecular complexity index is 483. The van der Waals surface area contributed by atoms with E-state index in [1.807, 2.05) is 0 Å². The Kier molecular flexibility index (Phi) is 4.11. The third kappa shape index (κ3) is 3.20. The van der Waals surface area contributed by atoms with Crippen molar-refractivity contribution >= 4 is 15.9 Å². The number of rotatable bonds is 3. The molecule has 17 heavy (non-hydrogen) atoms. The van der Waals surface area contributed by atoms with Crippen LogP contribution in [0.2, 0.25) is 0 Å². The molecule has 0 bridgehead atoms. The fourth-order valence-electron chi connectivity index (χ4n) is 1.62. The fourth-order valence-corrected chi connectivity index (χ4v) is 2.93. The number of sulfone groups is 1. The van der Waals surface area contributed by atoms with Crippen LogP contribution in [0.15, 0.2) is 30.3 Å². The Morgan fingerprint density at radius 2 is 1.82 bits per heavy atom. The monoisotopic (exact) mass is 257 g/mol. The molecule has 94 valence electrons. The predicted molar refractivity (Wildman–Crippen MR) is 64.2 cm³/mol. The number of nitrogens with zero attached hydrogens (tertiary/aromatic N) is 1. The lowest BCUT2D eigenvalue weighted by molar-refractivity contribution is 0.128. The zero-order valence-electron chi connectivity index (χ0n) is 9.95. The van der Waals surface area contributed by atoms with Gasteiger partial charge in [-0.3, -0.25) is 4.90 Å². The van der Waals surface area contributed by atoms with Crippen LogP contribution in [0.3, 0.4) is 0 Å². The summed E-state index contributed by atoms with van der Waals surface area (Å²) in [6, 6.07) is 8.54. The number of benzene rings is 1. The number of hydrogen-bond donors (Lipinski definition) is 0. The van der Waals surface area contributed by atoms with Gasteiger partial charge in [-0.25, -0.2) is 13.2 Å². The maximum atomic E-state index is 11.7. The number of hydrogen-bond acceptors (Lipinski definition) is 4. The summed E-state index contributed by atoms with van der Waals surface area (Å²) in [5.74, 6) is 0. The summed E-state index contributed by atoms with van der Waals surface area (Å²) in [7, 11) is -0.842. The Morgan fingerprint density at radius 1 is 1.29 bits per heavy atom.